The molecule has 3 heteroatoms. The number of carbonyl (C=O) groups excluding carboxylic acids is 1. The minimum atomic E-state index is -0.436. The van der Waals surface area contributed by atoms with Gasteiger partial charge in [0.15, 0.2) is 0 Å². The van der Waals surface area contributed by atoms with Gasteiger partial charge in [0.2, 0.25) is 0 Å². The average molecular weight is 231 g/mol. The first-order valence-corrected chi connectivity index (χ1v) is 5.21. The number of terminal acetylenes is 1. The van der Waals surface area contributed by atoms with E-state index in [4.69, 9.17) is 6.42 Å². The van der Waals surface area contributed by atoms with Gasteiger partial charge in [-0.15, -0.1) is 6.42 Å². The van der Waals surface area contributed by atoms with Crippen LogP contribution in [-0.2, 0) is 4.79 Å². The number of rotatable bonds is 3. The van der Waals surface area contributed by atoms with Crippen LogP contribution < -0.4 is 4.90 Å². The number of hydrogen-bond donors (Lipinski definition) is 0. The number of halogens is 1. The number of carbonyl (C=O) groups is 1. The molecular weight excluding hydrogens is 217 g/mol. The van der Waals surface area contributed by atoms with Crippen LogP contribution in [0.5, 0.6) is 0 Å². The summed E-state index contributed by atoms with van der Waals surface area (Å²) in [5.74, 6) is 1.29. The zero-order chi connectivity index (χ0) is 12.8. The maximum Gasteiger partial charge on any atom is 0.302 e. The number of amides is 1. The van der Waals surface area contributed by atoms with Crippen molar-refractivity contribution in [3.05, 3.63) is 41.7 Å². The molecule has 2 nitrogen and oxygen atoms in total. The highest BCUT2D eigenvalue weighted by Crippen LogP contribution is 2.15. The Bertz CT molecular complexity index is 464. The lowest BCUT2D eigenvalue weighted by atomic mass is 10.2. The molecule has 1 aromatic carbocycles. The van der Waals surface area contributed by atoms with Gasteiger partial charge in [-0.25, -0.2) is 4.39 Å². The minimum Gasteiger partial charge on any atom is -0.298 e. The van der Waals surface area contributed by atoms with Crippen molar-refractivity contribution in [1.29, 1.82) is 0 Å². The summed E-state index contributed by atoms with van der Waals surface area (Å²) in [6.07, 6.45) is 7.00. The second kappa shape index (κ2) is 5.86. The van der Waals surface area contributed by atoms with Crippen LogP contribution in [0.15, 0.2) is 35.9 Å². The van der Waals surface area contributed by atoms with Gasteiger partial charge in [0, 0.05) is 12.2 Å². The summed E-state index contributed by atoms with van der Waals surface area (Å²) in [7, 11) is 0. The Balaban J connectivity index is 2.98. The second-order valence-electron chi connectivity index (χ2n) is 3.82. The molecule has 1 amide bonds. The Kier molecular flexibility index (Phi) is 4.47. The molecule has 1 rings (SSSR count). The molecule has 0 aliphatic rings. The molecule has 88 valence electrons. The van der Waals surface area contributed by atoms with Gasteiger partial charge in [-0.05, 0) is 44.0 Å². The molecule has 0 aliphatic carbocycles. The van der Waals surface area contributed by atoms with Crippen LogP contribution in [0, 0.1) is 18.2 Å². The van der Waals surface area contributed by atoms with E-state index >= 15 is 0 Å². The molecule has 0 aliphatic heterocycles. The molecule has 1 aromatic rings. The van der Waals surface area contributed by atoms with Crippen molar-refractivity contribution in [1.82, 2.24) is 0 Å². The number of hydrogen-bond acceptors (Lipinski definition) is 1. The van der Waals surface area contributed by atoms with Gasteiger partial charge in [-0.2, -0.15) is 0 Å². The maximum absolute atomic E-state index is 12.8. The van der Waals surface area contributed by atoms with E-state index in [1.165, 1.54) is 29.2 Å². The monoisotopic (exact) mass is 231 g/mol. The maximum atomic E-state index is 12.8. The summed E-state index contributed by atoms with van der Waals surface area (Å²) in [5, 5.41) is 0. The van der Waals surface area contributed by atoms with Crippen molar-refractivity contribution in [2.45, 2.75) is 13.8 Å². The Morgan fingerprint density at radius 3 is 2.47 bits per heavy atom. The van der Waals surface area contributed by atoms with Crippen LogP contribution in [0.1, 0.15) is 13.8 Å². The van der Waals surface area contributed by atoms with E-state index in [1.54, 1.807) is 0 Å². The average Bonchev–Trinajstić information content (AvgIpc) is 2.30. The van der Waals surface area contributed by atoms with E-state index in [9.17, 15) is 9.18 Å². The zero-order valence-electron chi connectivity index (χ0n) is 9.90. The lowest BCUT2D eigenvalue weighted by Crippen LogP contribution is -2.29. The summed E-state index contributed by atoms with van der Waals surface area (Å²) in [5.41, 5.74) is 1.67. The van der Waals surface area contributed by atoms with Crippen LogP contribution >= 0.6 is 0 Å². The Hall–Kier alpha value is -2.08. The minimum absolute atomic E-state index is 0.343. The second-order valence-corrected chi connectivity index (χ2v) is 3.82. The topological polar surface area (TPSA) is 20.3 Å². The van der Waals surface area contributed by atoms with E-state index in [0.717, 1.165) is 5.57 Å². The zero-order valence-corrected chi connectivity index (χ0v) is 9.90. The van der Waals surface area contributed by atoms with Crippen molar-refractivity contribution in [2.24, 2.45) is 0 Å². The Labute approximate surface area is 101 Å². The summed E-state index contributed by atoms with van der Waals surface area (Å²) in [6, 6.07) is 5.66. The molecule has 0 atom stereocenters. The van der Waals surface area contributed by atoms with Gasteiger partial charge in [0.1, 0.15) is 5.82 Å². The molecule has 0 heterocycles. The highest BCUT2D eigenvalue weighted by molar-refractivity contribution is 6.05. The van der Waals surface area contributed by atoms with E-state index in [0.29, 0.717) is 12.2 Å². The number of anilines is 1. The molecular formula is C14H14FNO. The SMILES string of the molecule is C#CC(=O)N(CC=C(C)C)c1ccc(F)cc1. The summed E-state index contributed by atoms with van der Waals surface area (Å²) in [4.78, 5) is 13.0. The fourth-order valence-electron chi connectivity index (χ4n) is 1.28. The Morgan fingerprint density at radius 2 is 2.00 bits per heavy atom. The predicted octanol–water partition coefficient (Wildman–Crippen LogP) is 2.76. The van der Waals surface area contributed by atoms with E-state index in [-0.39, 0.29) is 5.82 Å². The van der Waals surface area contributed by atoms with Gasteiger partial charge >= 0.3 is 5.91 Å². The van der Waals surface area contributed by atoms with Crippen molar-refractivity contribution in [3.63, 3.8) is 0 Å². The van der Waals surface area contributed by atoms with Crippen molar-refractivity contribution >= 4 is 11.6 Å². The largest absolute Gasteiger partial charge is 0.302 e. The summed E-state index contributed by atoms with van der Waals surface area (Å²) < 4.78 is 12.8. The summed E-state index contributed by atoms with van der Waals surface area (Å²) >= 11 is 0. The third-order valence-electron chi connectivity index (χ3n) is 2.19. The first kappa shape index (κ1) is 13.0. The van der Waals surface area contributed by atoms with Crippen molar-refractivity contribution in [3.8, 4) is 12.3 Å². The molecule has 0 unspecified atom stereocenters. The molecule has 0 spiro atoms. The fourth-order valence-corrected chi connectivity index (χ4v) is 1.28. The smallest absolute Gasteiger partial charge is 0.298 e. The van der Waals surface area contributed by atoms with E-state index < -0.39 is 5.91 Å². The number of allylic oxidation sites excluding steroid dienone is 1. The predicted molar refractivity (Wildman–Crippen MR) is 67.0 cm³/mol. The third-order valence-corrected chi connectivity index (χ3v) is 2.19. The van der Waals surface area contributed by atoms with E-state index in [2.05, 4.69) is 5.92 Å². The molecule has 0 aromatic heterocycles. The van der Waals surface area contributed by atoms with Gasteiger partial charge in [0.25, 0.3) is 0 Å². The van der Waals surface area contributed by atoms with Crippen LogP contribution in [-0.4, -0.2) is 12.5 Å². The van der Waals surface area contributed by atoms with Crippen molar-refractivity contribution < 1.29 is 9.18 Å². The van der Waals surface area contributed by atoms with Crippen LogP contribution in [0.2, 0.25) is 0 Å². The van der Waals surface area contributed by atoms with Gasteiger partial charge in [0.05, 0.1) is 0 Å². The van der Waals surface area contributed by atoms with Gasteiger partial charge in [-0.3, -0.25) is 9.69 Å². The molecule has 0 fully saturated rings. The molecule has 0 bridgehead atoms. The van der Waals surface area contributed by atoms with Crippen LogP contribution in [0.25, 0.3) is 0 Å². The molecule has 17 heavy (non-hydrogen) atoms. The number of benzene rings is 1. The van der Waals surface area contributed by atoms with Crippen LogP contribution in [0.4, 0.5) is 10.1 Å². The van der Waals surface area contributed by atoms with Crippen LogP contribution in [0.3, 0.4) is 0 Å². The molecule has 0 radical (unpaired) electrons. The highest BCUT2D eigenvalue weighted by Gasteiger charge is 2.11. The third kappa shape index (κ3) is 3.76. The standard InChI is InChI=1S/C14H14FNO/c1-4-14(17)16(10-9-11(2)3)13-7-5-12(15)6-8-13/h1,5-9H,10H2,2-3H3. The molecule has 0 N–H and O–H groups in total. The Morgan fingerprint density at radius 1 is 1.41 bits per heavy atom. The first-order valence-electron chi connectivity index (χ1n) is 5.21. The lowest BCUT2D eigenvalue weighted by molar-refractivity contribution is -0.113. The van der Waals surface area contributed by atoms with E-state index in [1.807, 2.05) is 19.9 Å². The highest BCUT2D eigenvalue weighted by atomic mass is 19.1. The normalized spacial score (nSPS) is 9.29. The summed E-state index contributed by atoms with van der Waals surface area (Å²) in [6.45, 7) is 4.25. The quantitative estimate of drug-likeness (QED) is 0.578. The fraction of sp³-hybridized carbons (Fsp3) is 0.214. The van der Waals surface area contributed by atoms with Gasteiger partial charge < -0.3 is 0 Å². The number of nitrogens with zero attached hydrogens (tertiary/aromatic N) is 1. The first-order chi connectivity index (χ1) is 8.04. The molecule has 0 saturated heterocycles. The van der Waals surface area contributed by atoms with Crippen molar-refractivity contribution in [2.75, 3.05) is 11.4 Å². The lowest BCUT2D eigenvalue weighted by Gasteiger charge is -2.18. The molecule has 0 saturated carbocycles. The van der Waals surface area contributed by atoms with Gasteiger partial charge in [-0.1, -0.05) is 11.6 Å².